The standard InChI is InChI=1S/C12H17N3/c1-12(2,3)11-14-8-10-6-4-5-9(7-13)15(10)11/h4-6,8H,7,13H2,1-3H3. The molecule has 0 unspecified atom stereocenters. The van der Waals surface area contributed by atoms with Gasteiger partial charge in [-0.05, 0) is 12.1 Å². The Morgan fingerprint density at radius 3 is 2.67 bits per heavy atom. The highest BCUT2D eigenvalue weighted by Crippen LogP contribution is 2.23. The summed E-state index contributed by atoms with van der Waals surface area (Å²) in [7, 11) is 0. The molecule has 3 nitrogen and oxygen atoms in total. The third kappa shape index (κ3) is 1.63. The van der Waals surface area contributed by atoms with Gasteiger partial charge in [-0.1, -0.05) is 26.8 Å². The zero-order valence-corrected chi connectivity index (χ0v) is 9.49. The van der Waals surface area contributed by atoms with Crippen LogP contribution < -0.4 is 5.73 Å². The van der Waals surface area contributed by atoms with E-state index in [9.17, 15) is 0 Å². The SMILES string of the molecule is CC(C)(C)c1ncc2cccc(CN)n12. The van der Waals surface area contributed by atoms with E-state index >= 15 is 0 Å². The number of pyridine rings is 1. The van der Waals surface area contributed by atoms with Gasteiger partial charge in [0.05, 0.1) is 11.7 Å². The van der Waals surface area contributed by atoms with Gasteiger partial charge >= 0.3 is 0 Å². The third-order valence-corrected chi connectivity index (χ3v) is 2.51. The summed E-state index contributed by atoms with van der Waals surface area (Å²) in [6, 6.07) is 6.12. The molecule has 0 aliphatic carbocycles. The van der Waals surface area contributed by atoms with E-state index in [1.54, 1.807) is 0 Å². The van der Waals surface area contributed by atoms with Crippen molar-refractivity contribution in [2.24, 2.45) is 5.73 Å². The van der Waals surface area contributed by atoms with Crippen molar-refractivity contribution in [3.05, 3.63) is 35.9 Å². The largest absolute Gasteiger partial charge is 0.325 e. The van der Waals surface area contributed by atoms with Crippen molar-refractivity contribution in [1.29, 1.82) is 0 Å². The molecule has 2 N–H and O–H groups in total. The number of aromatic nitrogens is 2. The first-order chi connectivity index (χ1) is 7.04. The fourth-order valence-corrected chi connectivity index (χ4v) is 1.81. The molecule has 0 radical (unpaired) electrons. The molecular formula is C12H17N3. The van der Waals surface area contributed by atoms with Crippen LogP contribution in [-0.2, 0) is 12.0 Å². The predicted molar refractivity (Wildman–Crippen MR) is 61.8 cm³/mol. The zero-order chi connectivity index (χ0) is 11.1. The Labute approximate surface area is 89.9 Å². The second-order valence-electron chi connectivity index (χ2n) is 4.81. The van der Waals surface area contributed by atoms with E-state index in [0.717, 1.165) is 17.0 Å². The number of nitrogens with two attached hydrogens (primary N) is 1. The molecular weight excluding hydrogens is 186 g/mol. The van der Waals surface area contributed by atoms with Crippen LogP contribution in [0.25, 0.3) is 5.52 Å². The maximum absolute atomic E-state index is 5.74. The van der Waals surface area contributed by atoms with Crippen molar-refractivity contribution in [3.63, 3.8) is 0 Å². The van der Waals surface area contributed by atoms with E-state index < -0.39 is 0 Å². The van der Waals surface area contributed by atoms with Crippen molar-refractivity contribution in [3.8, 4) is 0 Å². The molecule has 80 valence electrons. The fourth-order valence-electron chi connectivity index (χ4n) is 1.81. The van der Waals surface area contributed by atoms with Gasteiger partial charge in [0.2, 0.25) is 0 Å². The van der Waals surface area contributed by atoms with Gasteiger partial charge in [-0.25, -0.2) is 4.98 Å². The van der Waals surface area contributed by atoms with Crippen LogP contribution in [0.4, 0.5) is 0 Å². The maximum Gasteiger partial charge on any atom is 0.118 e. The Bertz CT molecular complexity index is 477. The Balaban J connectivity index is 2.77. The summed E-state index contributed by atoms with van der Waals surface area (Å²) in [5.41, 5.74) is 8.00. The smallest absolute Gasteiger partial charge is 0.118 e. The number of hydrogen-bond donors (Lipinski definition) is 1. The summed E-state index contributed by atoms with van der Waals surface area (Å²) in [6.45, 7) is 7.02. The van der Waals surface area contributed by atoms with Crippen LogP contribution in [0.2, 0.25) is 0 Å². The van der Waals surface area contributed by atoms with Gasteiger partial charge in [0.25, 0.3) is 0 Å². The fraction of sp³-hybridized carbons (Fsp3) is 0.417. The van der Waals surface area contributed by atoms with Gasteiger partial charge in [-0.2, -0.15) is 0 Å². The van der Waals surface area contributed by atoms with Crippen LogP contribution in [0.15, 0.2) is 24.4 Å². The van der Waals surface area contributed by atoms with E-state index in [0.29, 0.717) is 6.54 Å². The highest BCUT2D eigenvalue weighted by atomic mass is 15.0. The Morgan fingerprint density at radius 2 is 2.07 bits per heavy atom. The molecule has 0 aliphatic heterocycles. The third-order valence-electron chi connectivity index (χ3n) is 2.51. The second-order valence-corrected chi connectivity index (χ2v) is 4.81. The number of hydrogen-bond acceptors (Lipinski definition) is 2. The molecule has 2 aromatic rings. The molecule has 15 heavy (non-hydrogen) atoms. The predicted octanol–water partition coefficient (Wildman–Crippen LogP) is 2.09. The van der Waals surface area contributed by atoms with Crippen molar-refractivity contribution >= 4 is 5.52 Å². The molecule has 0 bridgehead atoms. The molecule has 2 rings (SSSR count). The topological polar surface area (TPSA) is 43.3 Å². The van der Waals surface area contributed by atoms with Gasteiger partial charge in [-0.3, -0.25) is 4.40 Å². The van der Waals surface area contributed by atoms with Crippen LogP contribution in [-0.4, -0.2) is 9.38 Å². The van der Waals surface area contributed by atoms with E-state index in [1.807, 2.05) is 18.3 Å². The second kappa shape index (κ2) is 3.35. The van der Waals surface area contributed by atoms with E-state index in [-0.39, 0.29) is 5.41 Å². The summed E-state index contributed by atoms with van der Waals surface area (Å²) in [5, 5.41) is 0. The molecule has 2 heterocycles. The van der Waals surface area contributed by atoms with Gasteiger partial charge in [0, 0.05) is 17.7 Å². The molecule has 0 spiro atoms. The van der Waals surface area contributed by atoms with Crippen LogP contribution >= 0.6 is 0 Å². The number of nitrogens with zero attached hydrogens (tertiary/aromatic N) is 2. The van der Waals surface area contributed by atoms with Crippen molar-refractivity contribution in [2.75, 3.05) is 0 Å². The number of fused-ring (bicyclic) bond motifs is 1. The molecule has 2 aromatic heterocycles. The number of rotatable bonds is 1. The molecule has 0 amide bonds. The van der Waals surface area contributed by atoms with Gasteiger partial charge in [0.15, 0.2) is 0 Å². The van der Waals surface area contributed by atoms with Gasteiger partial charge < -0.3 is 5.73 Å². The van der Waals surface area contributed by atoms with Crippen LogP contribution in [0.3, 0.4) is 0 Å². The molecule has 0 saturated heterocycles. The van der Waals surface area contributed by atoms with E-state index in [2.05, 4.69) is 36.2 Å². The Morgan fingerprint density at radius 1 is 1.33 bits per heavy atom. The number of imidazole rings is 1. The lowest BCUT2D eigenvalue weighted by Gasteiger charge is -2.18. The Hall–Kier alpha value is -1.35. The summed E-state index contributed by atoms with van der Waals surface area (Å²) in [4.78, 5) is 4.48. The van der Waals surface area contributed by atoms with Crippen LogP contribution in [0.1, 0.15) is 32.3 Å². The minimum atomic E-state index is 0.0394. The maximum atomic E-state index is 5.74. The highest BCUT2D eigenvalue weighted by molar-refractivity contribution is 5.48. The van der Waals surface area contributed by atoms with Crippen molar-refractivity contribution in [2.45, 2.75) is 32.7 Å². The van der Waals surface area contributed by atoms with Crippen LogP contribution in [0.5, 0.6) is 0 Å². The minimum Gasteiger partial charge on any atom is -0.325 e. The first-order valence-electron chi connectivity index (χ1n) is 5.20. The lowest BCUT2D eigenvalue weighted by atomic mass is 9.96. The minimum absolute atomic E-state index is 0.0394. The van der Waals surface area contributed by atoms with E-state index in [4.69, 9.17) is 5.73 Å². The summed E-state index contributed by atoms with van der Waals surface area (Å²) in [6.07, 6.45) is 1.90. The molecule has 0 fully saturated rings. The van der Waals surface area contributed by atoms with Crippen molar-refractivity contribution in [1.82, 2.24) is 9.38 Å². The lowest BCUT2D eigenvalue weighted by Crippen LogP contribution is -2.18. The first-order valence-corrected chi connectivity index (χ1v) is 5.20. The van der Waals surface area contributed by atoms with Crippen molar-refractivity contribution < 1.29 is 0 Å². The summed E-state index contributed by atoms with van der Waals surface area (Å²) >= 11 is 0. The molecule has 0 saturated carbocycles. The molecule has 3 heteroatoms. The lowest BCUT2D eigenvalue weighted by molar-refractivity contribution is 0.539. The monoisotopic (exact) mass is 203 g/mol. The summed E-state index contributed by atoms with van der Waals surface area (Å²) in [5.74, 6) is 1.07. The first kappa shape index (κ1) is 10.2. The Kier molecular flexibility index (Phi) is 2.27. The average Bonchev–Trinajstić information content (AvgIpc) is 2.59. The van der Waals surface area contributed by atoms with E-state index in [1.165, 1.54) is 0 Å². The van der Waals surface area contributed by atoms with Gasteiger partial charge in [-0.15, -0.1) is 0 Å². The highest BCUT2D eigenvalue weighted by Gasteiger charge is 2.20. The molecule has 0 atom stereocenters. The molecule has 0 aliphatic rings. The van der Waals surface area contributed by atoms with Crippen LogP contribution in [0, 0.1) is 0 Å². The normalized spacial score (nSPS) is 12.3. The summed E-state index contributed by atoms with van der Waals surface area (Å²) < 4.78 is 2.15. The quantitative estimate of drug-likeness (QED) is 0.771. The van der Waals surface area contributed by atoms with Gasteiger partial charge in [0.1, 0.15) is 5.82 Å². The zero-order valence-electron chi connectivity index (χ0n) is 9.49. The average molecular weight is 203 g/mol. The molecule has 0 aromatic carbocycles.